The van der Waals surface area contributed by atoms with Gasteiger partial charge in [0.1, 0.15) is 7.05 Å². The number of likely N-dealkylation sites (N-methyl/N-ethyl adjacent to an activating group) is 1. The van der Waals surface area contributed by atoms with Crippen molar-refractivity contribution in [3.8, 4) is 0 Å². The quantitative estimate of drug-likeness (QED) is 0.617. The summed E-state index contributed by atoms with van der Waals surface area (Å²) < 4.78 is 2.41. The van der Waals surface area contributed by atoms with Gasteiger partial charge < -0.3 is 0 Å². The van der Waals surface area contributed by atoms with Gasteiger partial charge in [-0.25, -0.2) is 4.58 Å². The van der Waals surface area contributed by atoms with E-state index in [1.165, 1.54) is 27.6 Å². The summed E-state index contributed by atoms with van der Waals surface area (Å²) in [4.78, 5) is 0. The molecule has 2 aromatic carbocycles. The van der Waals surface area contributed by atoms with Crippen LogP contribution < -0.4 is 0 Å². The second-order valence-electron chi connectivity index (χ2n) is 5.95. The molecule has 0 atom stereocenters. The fraction of sp³-hybridized carbons (Fsp3) is 0.353. The maximum atomic E-state index is 2.41. The largest absolute Gasteiger partial charge is 0.231 e. The Balaban J connectivity index is 2.38. The molecule has 1 nitrogen and oxygen atoms in total. The molecule has 0 radical (unpaired) electrons. The lowest BCUT2D eigenvalue weighted by atomic mass is 9.83. The van der Waals surface area contributed by atoms with Crippen LogP contribution in [0.1, 0.15) is 31.9 Å². The lowest BCUT2D eigenvalue weighted by Crippen LogP contribution is -2.43. The van der Waals surface area contributed by atoms with Gasteiger partial charge in [0.2, 0.25) is 0 Å². The number of nitrogens with zero attached hydrogens (tertiary/aromatic N) is 1. The van der Waals surface area contributed by atoms with Crippen molar-refractivity contribution in [2.45, 2.75) is 32.7 Å². The van der Waals surface area contributed by atoms with Crippen LogP contribution in [0.15, 0.2) is 36.4 Å². The fourth-order valence-corrected chi connectivity index (χ4v) is 3.05. The summed E-state index contributed by atoms with van der Waals surface area (Å²) in [6.07, 6.45) is 1.11. The number of hydrogen-bond donors (Lipinski definition) is 0. The molecule has 0 amide bonds. The Morgan fingerprint density at radius 2 is 1.78 bits per heavy atom. The molecule has 3 rings (SSSR count). The molecular formula is C17H20N+. The molecule has 0 fully saturated rings. The molecular weight excluding hydrogens is 218 g/mol. The van der Waals surface area contributed by atoms with Crippen molar-refractivity contribution in [1.29, 1.82) is 0 Å². The van der Waals surface area contributed by atoms with Gasteiger partial charge in [-0.3, -0.25) is 0 Å². The van der Waals surface area contributed by atoms with Crippen LogP contribution >= 0.6 is 0 Å². The van der Waals surface area contributed by atoms with Crippen molar-refractivity contribution in [3.63, 3.8) is 0 Å². The first-order chi connectivity index (χ1) is 8.50. The van der Waals surface area contributed by atoms with Crippen molar-refractivity contribution in [2.75, 3.05) is 7.05 Å². The normalized spacial score (nSPS) is 18.0. The van der Waals surface area contributed by atoms with E-state index in [2.05, 4.69) is 68.8 Å². The zero-order valence-electron chi connectivity index (χ0n) is 11.6. The van der Waals surface area contributed by atoms with Crippen LogP contribution in [0.25, 0.3) is 10.8 Å². The van der Waals surface area contributed by atoms with Crippen molar-refractivity contribution in [2.24, 2.45) is 0 Å². The average Bonchev–Trinajstić information content (AvgIpc) is 2.36. The molecule has 0 N–H and O–H groups in total. The average molecular weight is 238 g/mol. The van der Waals surface area contributed by atoms with Crippen LogP contribution in [-0.4, -0.2) is 22.9 Å². The lowest BCUT2D eigenvalue weighted by molar-refractivity contribution is -0.576. The summed E-state index contributed by atoms with van der Waals surface area (Å²) in [7, 11) is 2.20. The molecule has 2 aromatic rings. The first-order valence-corrected chi connectivity index (χ1v) is 6.59. The second-order valence-corrected chi connectivity index (χ2v) is 5.95. The van der Waals surface area contributed by atoms with Crippen LogP contribution in [-0.2, 0) is 6.42 Å². The monoisotopic (exact) mass is 238 g/mol. The van der Waals surface area contributed by atoms with E-state index in [0.717, 1.165) is 6.42 Å². The van der Waals surface area contributed by atoms with Gasteiger partial charge in [0.15, 0.2) is 11.3 Å². The zero-order valence-corrected chi connectivity index (χ0v) is 11.6. The van der Waals surface area contributed by atoms with Crippen LogP contribution in [0.3, 0.4) is 0 Å². The van der Waals surface area contributed by atoms with E-state index >= 15 is 0 Å². The molecule has 92 valence electrons. The molecule has 0 aliphatic carbocycles. The molecule has 1 aliphatic rings. The Morgan fingerprint density at radius 3 is 2.56 bits per heavy atom. The summed E-state index contributed by atoms with van der Waals surface area (Å²) in [5, 5.41) is 2.76. The second kappa shape index (κ2) is 3.68. The SMILES string of the molecule is CC1=[N+](C)C(C)(C)Cc2c1ccc1ccccc21. The molecule has 0 saturated carbocycles. The molecule has 0 aromatic heterocycles. The minimum Gasteiger partial charge on any atom is -0.231 e. The van der Waals surface area contributed by atoms with Gasteiger partial charge in [-0.2, -0.15) is 0 Å². The molecule has 0 bridgehead atoms. The van der Waals surface area contributed by atoms with E-state index in [0.29, 0.717) is 0 Å². The number of hydrogen-bond acceptors (Lipinski definition) is 0. The molecule has 0 unspecified atom stereocenters. The molecule has 1 aliphatic heterocycles. The highest BCUT2D eigenvalue weighted by atomic mass is 15.1. The minimum atomic E-state index is 0.196. The van der Waals surface area contributed by atoms with E-state index in [1.54, 1.807) is 0 Å². The highest BCUT2D eigenvalue weighted by Gasteiger charge is 2.36. The van der Waals surface area contributed by atoms with Gasteiger partial charge in [-0.15, -0.1) is 0 Å². The third-order valence-corrected chi connectivity index (χ3v) is 4.45. The van der Waals surface area contributed by atoms with Gasteiger partial charge in [-0.05, 0) is 22.4 Å². The summed E-state index contributed by atoms with van der Waals surface area (Å²) in [6, 6.07) is 13.2. The third kappa shape index (κ3) is 1.50. The lowest BCUT2D eigenvalue weighted by Gasteiger charge is -2.29. The molecule has 0 saturated heterocycles. The maximum absolute atomic E-state index is 2.41. The Hall–Kier alpha value is -1.63. The van der Waals surface area contributed by atoms with E-state index in [1.807, 2.05) is 0 Å². The molecule has 0 spiro atoms. The Labute approximate surface area is 109 Å². The van der Waals surface area contributed by atoms with Gasteiger partial charge in [0.25, 0.3) is 0 Å². The van der Waals surface area contributed by atoms with E-state index in [4.69, 9.17) is 0 Å². The molecule has 18 heavy (non-hydrogen) atoms. The van der Waals surface area contributed by atoms with Crippen molar-refractivity contribution in [1.82, 2.24) is 0 Å². The zero-order chi connectivity index (χ0) is 12.9. The van der Waals surface area contributed by atoms with E-state index < -0.39 is 0 Å². The minimum absolute atomic E-state index is 0.196. The van der Waals surface area contributed by atoms with E-state index in [-0.39, 0.29) is 5.54 Å². The Bertz CT molecular complexity index is 662. The summed E-state index contributed by atoms with van der Waals surface area (Å²) in [5.74, 6) is 0. The highest BCUT2D eigenvalue weighted by Crippen LogP contribution is 2.31. The third-order valence-electron chi connectivity index (χ3n) is 4.45. The summed E-state index contributed by atoms with van der Waals surface area (Å²) >= 11 is 0. The van der Waals surface area contributed by atoms with Crippen molar-refractivity contribution in [3.05, 3.63) is 47.5 Å². The van der Waals surface area contributed by atoms with Crippen LogP contribution in [0.4, 0.5) is 0 Å². The fourth-order valence-electron chi connectivity index (χ4n) is 3.05. The Kier molecular flexibility index (Phi) is 2.34. The Morgan fingerprint density at radius 1 is 1.06 bits per heavy atom. The van der Waals surface area contributed by atoms with Crippen molar-refractivity contribution < 1.29 is 4.58 Å². The first-order valence-electron chi connectivity index (χ1n) is 6.59. The predicted octanol–water partition coefficient (Wildman–Crippen LogP) is 3.63. The van der Waals surface area contributed by atoms with Gasteiger partial charge >= 0.3 is 0 Å². The van der Waals surface area contributed by atoms with Gasteiger partial charge in [0.05, 0.1) is 0 Å². The maximum Gasteiger partial charge on any atom is 0.180 e. The molecule has 1 heterocycles. The van der Waals surface area contributed by atoms with E-state index in [9.17, 15) is 0 Å². The van der Waals surface area contributed by atoms with Crippen molar-refractivity contribution >= 4 is 16.5 Å². The number of rotatable bonds is 0. The van der Waals surface area contributed by atoms with Crippen LogP contribution in [0, 0.1) is 0 Å². The highest BCUT2D eigenvalue weighted by molar-refractivity contribution is 6.02. The first kappa shape index (κ1) is 11.5. The topological polar surface area (TPSA) is 3.01 Å². The standard InChI is InChI=1S/C17H20N/c1-12-14-10-9-13-7-5-6-8-15(13)16(14)11-17(2,3)18(12)4/h5-10H,11H2,1-4H3/q+1. The van der Waals surface area contributed by atoms with Crippen LogP contribution in [0.5, 0.6) is 0 Å². The smallest absolute Gasteiger partial charge is 0.180 e. The number of fused-ring (bicyclic) bond motifs is 3. The molecule has 1 heteroatoms. The summed E-state index contributed by atoms with van der Waals surface area (Å²) in [5.41, 5.74) is 4.50. The van der Waals surface area contributed by atoms with Gasteiger partial charge in [0, 0.05) is 32.8 Å². The predicted molar refractivity (Wildman–Crippen MR) is 77.7 cm³/mol. The summed E-state index contributed by atoms with van der Waals surface area (Å²) in [6.45, 7) is 6.87. The number of benzene rings is 2. The van der Waals surface area contributed by atoms with Crippen LogP contribution in [0.2, 0.25) is 0 Å². The van der Waals surface area contributed by atoms with Gasteiger partial charge in [-0.1, -0.05) is 30.3 Å².